The van der Waals surface area contributed by atoms with Crippen LogP contribution in [0.4, 0.5) is 0 Å². The third-order valence-corrected chi connectivity index (χ3v) is 1.40. The minimum absolute atomic E-state index is 0.0849. The summed E-state index contributed by atoms with van der Waals surface area (Å²) in [4.78, 5) is 20.4. The van der Waals surface area contributed by atoms with Crippen molar-refractivity contribution in [3.63, 3.8) is 0 Å². The van der Waals surface area contributed by atoms with E-state index >= 15 is 0 Å². The minimum Gasteiger partial charge on any atom is -0.298 e. The van der Waals surface area contributed by atoms with Crippen molar-refractivity contribution in [2.24, 2.45) is 0 Å². The van der Waals surface area contributed by atoms with E-state index in [2.05, 4.69) is 0 Å². The predicted octanol–water partition coefficient (Wildman–Crippen LogP) is 1.34. The first kappa shape index (κ1) is 8.92. The molecule has 0 spiro atoms. The Kier molecular flexibility index (Phi) is 3.82. The molecule has 0 saturated carbocycles. The van der Waals surface area contributed by atoms with Crippen LogP contribution in [0.5, 0.6) is 0 Å². The molecule has 1 atom stereocenters. The van der Waals surface area contributed by atoms with Crippen molar-refractivity contribution in [2.75, 3.05) is 0 Å². The molecule has 1 unspecified atom stereocenters. The van der Waals surface area contributed by atoms with Gasteiger partial charge in [-0.2, -0.15) is 0 Å². The number of rotatable bonds is 3. The Hall–Kier alpha value is -0.0800. The van der Waals surface area contributed by atoms with Gasteiger partial charge in [-0.25, -0.2) is 0 Å². The molecule has 0 amide bonds. The lowest BCUT2D eigenvalue weighted by atomic mass is 10.2. The second kappa shape index (κ2) is 3.85. The molecule has 0 bridgehead atoms. The summed E-state index contributed by atoms with van der Waals surface area (Å²) in [5, 5.41) is -1.33. The predicted molar refractivity (Wildman–Crippen MR) is 35.8 cm³/mol. The first-order chi connectivity index (χ1) is 4.04. The highest BCUT2D eigenvalue weighted by Gasteiger charge is 2.12. The fraction of sp³-hybridized carbons (Fsp3) is 0.600. The summed E-state index contributed by atoms with van der Waals surface area (Å²) in [7, 11) is 0. The number of alkyl halides is 1. The average molecular weight is 169 g/mol. The van der Waals surface area contributed by atoms with Crippen LogP contribution < -0.4 is 0 Å². The zero-order valence-corrected chi connectivity index (χ0v) is 6.37. The number of hydrogen-bond donors (Lipinski definition) is 0. The van der Waals surface area contributed by atoms with Crippen molar-refractivity contribution < 1.29 is 9.59 Å². The topological polar surface area (TPSA) is 34.1 Å². The molecule has 4 heteroatoms. The SMILES string of the molecule is CC(=O)C(Cl)CC(=O)Cl. The lowest BCUT2D eigenvalue weighted by Gasteiger charge is -1.97. The molecule has 0 N–H and O–H groups in total. The lowest BCUT2D eigenvalue weighted by Crippen LogP contribution is -2.12. The van der Waals surface area contributed by atoms with E-state index in [1.165, 1.54) is 6.92 Å². The van der Waals surface area contributed by atoms with E-state index in [0.717, 1.165) is 0 Å². The van der Waals surface area contributed by atoms with Gasteiger partial charge in [-0.05, 0) is 18.5 Å². The van der Waals surface area contributed by atoms with Crippen LogP contribution in [-0.4, -0.2) is 16.4 Å². The molecule has 0 aliphatic rings. The molecule has 0 rings (SSSR count). The van der Waals surface area contributed by atoms with Crippen LogP contribution in [0.15, 0.2) is 0 Å². The number of ketones is 1. The molecule has 0 heterocycles. The van der Waals surface area contributed by atoms with Crippen molar-refractivity contribution in [1.29, 1.82) is 0 Å². The molecule has 9 heavy (non-hydrogen) atoms. The normalized spacial score (nSPS) is 12.8. The second-order valence-corrected chi connectivity index (χ2v) is 2.59. The highest BCUT2D eigenvalue weighted by molar-refractivity contribution is 6.64. The standard InChI is InChI=1S/C5H6Cl2O2/c1-3(8)4(6)2-5(7)9/h4H,2H2,1H3. The molecule has 52 valence electrons. The quantitative estimate of drug-likeness (QED) is 0.471. The third kappa shape index (κ3) is 4.43. The average Bonchev–Trinajstić information content (AvgIpc) is 1.63. The molecule has 0 aliphatic carbocycles. The summed E-state index contributed by atoms with van der Waals surface area (Å²) in [5.41, 5.74) is 0. The zero-order valence-electron chi connectivity index (χ0n) is 4.86. The van der Waals surface area contributed by atoms with Crippen LogP contribution in [0, 0.1) is 0 Å². The van der Waals surface area contributed by atoms with E-state index in [-0.39, 0.29) is 12.2 Å². The van der Waals surface area contributed by atoms with E-state index in [9.17, 15) is 9.59 Å². The van der Waals surface area contributed by atoms with Gasteiger partial charge in [0.1, 0.15) is 5.78 Å². The van der Waals surface area contributed by atoms with Gasteiger partial charge in [0.2, 0.25) is 5.24 Å². The summed E-state index contributed by atoms with van der Waals surface area (Å²) in [5.74, 6) is -0.231. The van der Waals surface area contributed by atoms with Crippen molar-refractivity contribution in [3.8, 4) is 0 Å². The minimum atomic E-state index is -0.755. The summed E-state index contributed by atoms with van der Waals surface area (Å²) in [6, 6.07) is 0. The summed E-state index contributed by atoms with van der Waals surface area (Å²) >= 11 is 10.3. The third-order valence-electron chi connectivity index (χ3n) is 0.781. The second-order valence-electron chi connectivity index (χ2n) is 1.64. The molecule has 0 aliphatic heterocycles. The Balaban J connectivity index is 3.63. The number of carbonyl (C=O) groups excluding carboxylic acids is 2. The Morgan fingerprint density at radius 2 is 2.00 bits per heavy atom. The Labute approximate surface area is 63.1 Å². The van der Waals surface area contributed by atoms with E-state index in [4.69, 9.17) is 23.2 Å². The van der Waals surface area contributed by atoms with E-state index in [1.807, 2.05) is 0 Å². The fourth-order valence-electron chi connectivity index (χ4n) is 0.285. The van der Waals surface area contributed by atoms with Gasteiger partial charge < -0.3 is 0 Å². The van der Waals surface area contributed by atoms with Crippen LogP contribution in [0.2, 0.25) is 0 Å². The van der Waals surface area contributed by atoms with Gasteiger partial charge in [0, 0.05) is 6.42 Å². The largest absolute Gasteiger partial charge is 0.298 e. The van der Waals surface area contributed by atoms with Gasteiger partial charge in [-0.1, -0.05) is 0 Å². The van der Waals surface area contributed by atoms with Crippen LogP contribution in [0.1, 0.15) is 13.3 Å². The lowest BCUT2D eigenvalue weighted by molar-refractivity contribution is -0.119. The van der Waals surface area contributed by atoms with Crippen molar-refractivity contribution in [2.45, 2.75) is 18.7 Å². The maximum absolute atomic E-state index is 10.3. The van der Waals surface area contributed by atoms with Gasteiger partial charge in [-0.3, -0.25) is 9.59 Å². The summed E-state index contributed by atoms with van der Waals surface area (Å²) < 4.78 is 0. The molecule has 0 radical (unpaired) electrons. The number of carbonyl (C=O) groups is 2. The van der Waals surface area contributed by atoms with Gasteiger partial charge in [0.25, 0.3) is 0 Å². The Morgan fingerprint density at radius 1 is 1.56 bits per heavy atom. The van der Waals surface area contributed by atoms with Gasteiger partial charge in [0.05, 0.1) is 5.38 Å². The molecule has 0 aromatic rings. The molecular weight excluding hydrogens is 163 g/mol. The smallest absolute Gasteiger partial charge is 0.223 e. The summed E-state index contributed by atoms with van der Waals surface area (Å²) in [6.07, 6.45) is -0.0849. The van der Waals surface area contributed by atoms with Gasteiger partial charge >= 0.3 is 0 Å². The van der Waals surface area contributed by atoms with Crippen LogP contribution in [0.25, 0.3) is 0 Å². The van der Waals surface area contributed by atoms with E-state index in [0.29, 0.717) is 0 Å². The Bertz CT molecular complexity index is 133. The van der Waals surface area contributed by atoms with Crippen molar-refractivity contribution in [3.05, 3.63) is 0 Å². The fourth-order valence-corrected chi connectivity index (χ4v) is 0.658. The van der Waals surface area contributed by atoms with Crippen molar-refractivity contribution in [1.82, 2.24) is 0 Å². The van der Waals surface area contributed by atoms with Gasteiger partial charge in [0.15, 0.2) is 0 Å². The molecule has 2 nitrogen and oxygen atoms in total. The van der Waals surface area contributed by atoms with E-state index < -0.39 is 10.6 Å². The highest BCUT2D eigenvalue weighted by Crippen LogP contribution is 2.04. The molecule has 0 saturated heterocycles. The first-order valence-corrected chi connectivity index (χ1v) is 3.18. The molecule has 0 aromatic carbocycles. The number of halogens is 2. The molecular formula is C5H6Cl2O2. The Morgan fingerprint density at radius 3 is 2.11 bits per heavy atom. The summed E-state index contributed by atoms with van der Waals surface area (Å²) in [6.45, 7) is 1.32. The maximum atomic E-state index is 10.3. The zero-order chi connectivity index (χ0) is 7.44. The van der Waals surface area contributed by atoms with Crippen LogP contribution in [-0.2, 0) is 9.59 Å². The molecule has 0 fully saturated rings. The van der Waals surface area contributed by atoms with Crippen molar-refractivity contribution >= 4 is 34.2 Å². The first-order valence-electron chi connectivity index (χ1n) is 2.37. The molecule has 0 aromatic heterocycles. The number of Topliss-reactive ketones (excluding diaryl/α,β-unsaturated/α-hetero) is 1. The van der Waals surface area contributed by atoms with Gasteiger partial charge in [-0.15, -0.1) is 11.6 Å². The highest BCUT2D eigenvalue weighted by atomic mass is 35.5. The van der Waals surface area contributed by atoms with Crippen LogP contribution in [0.3, 0.4) is 0 Å². The monoisotopic (exact) mass is 168 g/mol. The van der Waals surface area contributed by atoms with Crippen LogP contribution >= 0.6 is 23.2 Å². The van der Waals surface area contributed by atoms with E-state index in [1.54, 1.807) is 0 Å². The number of hydrogen-bond acceptors (Lipinski definition) is 2. The maximum Gasteiger partial charge on any atom is 0.223 e.